The molecule has 0 spiro atoms. The van der Waals surface area contributed by atoms with Crippen LogP contribution in [0.1, 0.15) is 6.92 Å². The summed E-state index contributed by atoms with van der Waals surface area (Å²) in [6.45, 7) is 1.56. The average molecular weight is 362 g/mol. The van der Waals surface area contributed by atoms with Gasteiger partial charge in [-0.15, -0.1) is 0 Å². The number of anilines is 2. The molecule has 27 heavy (non-hydrogen) atoms. The third-order valence-corrected chi connectivity index (χ3v) is 4.29. The molecule has 1 atom stereocenters. The second-order valence-corrected chi connectivity index (χ2v) is 6.31. The van der Waals surface area contributed by atoms with Crippen LogP contribution in [0.15, 0.2) is 60.7 Å². The summed E-state index contributed by atoms with van der Waals surface area (Å²) in [7, 11) is 0. The molecule has 2 amide bonds. The van der Waals surface area contributed by atoms with E-state index in [-0.39, 0.29) is 18.4 Å². The number of carbonyl (C=O) groups is 2. The predicted octanol–water partition coefficient (Wildman–Crippen LogP) is 3.58. The maximum absolute atomic E-state index is 12.2. The largest absolute Gasteiger partial charge is 0.484 e. The quantitative estimate of drug-likeness (QED) is 0.744. The minimum absolute atomic E-state index is 0.116. The molecule has 6 nitrogen and oxygen atoms in total. The van der Waals surface area contributed by atoms with Crippen LogP contribution in [0, 0.1) is 0 Å². The summed E-state index contributed by atoms with van der Waals surface area (Å²) < 4.78 is 11.1. The van der Waals surface area contributed by atoms with Crippen LogP contribution < -0.4 is 20.1 Å². The Morgan fingerprint density at radius 2 is 1.93 bits per heavy atom. The molecule has 136 valence electrons. The smallest absolute Gasteiger partial charge is 0.265 e. The second-order valence-electron chi connectivity index (χ2n) is 6.31. The van der Waals surface area contributed by atoms with Crippen molar-refractivity contribution < 1.29 is 19.1 Å². The summed E-state index contributed by atoms with van der Waals surface area (Å²) in [5.74, 6) is 0.696. The average Bonchev–Trinajstić information content (AvgIpc) is 2.67. The highest BCUT2D eigenvalue weighted by Gasteiger charge is 2.23. The first-order valence-corrected chi connectivity index (χ1v) is 8.61. The SMILES string of the molecule is C[C@H]1Oc2ccc(NC(=O)COc3ccc4ccccc4c3)cc2NC1=O. The maximum atomic E-state index is 12.2. The Morgan fingerprint density at radius 3 is 2.78 bits per heavy atom. The number of hydrogen-bond donors (Lipinski definition) is 2. The number of rotatable bonds is 4. The van der Waals surface area contributed by atoms with Crippen LogP contribution in [-0.2, 0) is 9.59 Å². The molecule has 3 aromatic rings. The van der Waals surface area contributed by atoms with Crippen LogP contribution in [0.3, 0.4) is 0 Å². The third-order valence-electron chi connectivity index (χ3n) is 4.29. The molecule has 3 aromatic carbocycles. The van der Waals surface area contributed by atoms with E-state index in [0.717, 1.165) is 10.8 Å². The van der Waals surface area contributed by atoms with Gasteiger partial charge in [-0.05, 0) is 48.0 Å². The van der Waals surface area contributed by atoms with E-state index in [1.807, 2.05) is 42.5 Å². The predicted molar refractivity (Wildman–Crippen MR) is 103 cm³/mol. The van der Waals surface area contributed by atoms with Gasteiger partial charge in [0.2, 0.25) is 0 Å². The normalized spacial score (nSPS) is 15.4. The second kappa shape index (κ2) is 6.99. The van der Waals surface area contributed by atoms with Crippen molar-refractivity contribution in [2.45, 2.75) is 13.0 Å². The van der Waals surface area contributed by atoms with Crippen molar-refractivity contribution in [2.75, 3.05) is 17.2 Å². The maximum Gasteiger partial charge on any atom is 0.265 e. The van der Waals surface area contributed by atoms with E-state index >= 15 is 0 Å². The zero-order chi connectivity index (χ0) is 18.8. The Labute approximate surface area is 156 Å². The van der Waals surface area contributed by atoms with E-state index < -0.39 is 6.10 Å². The van der Waals surface area contributed by atoms with E-state index in [2.05, 4.69) is 10.6 Å². The van der Waals surface area contributed by atoms with Gasteiger partial charge in [0.1, 0.15) is 11.5 Å². The van der Waals surface area contributed by atoms with Gasteiger partial charge in [-0.3, -0.25) is 9.59 Å². The van der Waals surface area contributed by atoms with Gasteiger partial charge in [0.05, 0.1) is 5.69 Å². The van der Waals surface area contributed by atoms with Crippen molar-refractivity contribution in [3.8, 4) is 11.5 Å². The van der Waals surface area contributed by atoms with Crippen LogP contribution in [0.4, 0.5) is 11.4 Å². The highest BCUT2D eigenvalue weighted by Crippen LogP contribution is 2.32. The fraction of sp³-hybridized carbons (Fsp3) is 0.143. The zero-order valence-corrected chi connectivity index (χ0v) is 14.7. The number of amides is 2. The first kappa shape index (κ1) is 16.9. The van der Waals surface area contributed by atoms with Crippen molar-refractivity contribution in [3.05, 3.63) is 60.7 Å². The lowest BCUT2D eigenvalue weighted by Gasteiger charge is -2.23. The lowest BCUT2D eigenvalue weighted by atomic mass is 10.1. The minimum Gasteiger partial charge on any atom is -0.484 e. The van der Waals surface area contributed by atoms with E-state index in [1.165, 1.54) is 0 Å². The van der Waals surface area contributed by atoms with Crippen LogP contribution >= 0.6 is 0 Å². The van der Waals surface area contributed by atoms with Crippen LogP contribution in [0.5, 0.6) is 11.5 Å². The Hall–Kier alpha value is -3.54. The molecular weight excluding hydrogens is 344 g/mol. The molecular formula is C21H18N2O4. The van der Waals surface area contributed by atoms with E-state index in [1.54, 1.807) is 25.1 Å². The molecule has 2 N–H and O–H groups in total. The standard InChI is InChI=1S/C21H18N2O4/c1-13-21(25)23-18-11-16(7-9-19(18)27-13)22-20(24)12-26-17-8-6-14-4-2-3-5-15(14)10-17/h2-11,13H,12H2,1H3,(H,22,24)(H,23,25)/t13-/m1/s1. The molecule has 0 unspecified atom stereocenters. The van der Waals surface area contributed by atoms with Gasteiger partial charge >= 0.3 is 0 Å². The highest BCUT2D eigenvalue weighted by molar-refractivity contribution is 5.99. The number of carbonyl (C=O) groups excluding carboxylic acids is 2. The number of hydrogen-bond acceptors (Lipinski definition) is 4. The fourth-order valence-corrected chi connectivity index (χ4v) is 2.89. The molecule has 0 aromatic heterocycles. The van der Waals surface area contributed by atoms with Gasteiger partial charge in [-0.1, -0.05) is 30.3 Å². The van der Waals surface area contributed by atoms with Crippen molar-refractivity contribution >= 4 is 34.0 Å². The molecule has 0 saturated carbocycles. The van der Waals surface area contributed by atoms with Crippen molar-refractivity contribution in [1.82, 2.24) is 0 Å². The molecule has 0 saturated heterocycles. The molecule has 1 aliphatic heterocycles. The van der Waals surface area contributed by atoms with Crippen molar-refractivity contribution in [3.63, 3.8) is 0 Å². The topological polar surface area (TPSA) is 76.7 Å². The number of benzene rings is 3. The molecule has 4 rings (SSSR count). The lowest BCUT2D eigenvalue weighted by molar-refractivity contribution is -0.122. The number of nitrogens with one attached hydrogen (secondary N) is 2. The van der Waals surface area contributed by atoms with Crippen molar-refractivity contribution in [1.29, 1.82) is 0 Å². The van der Waals surface area contributed by atoms with E-state index in [4.69, 9.17) is 9.47 Å². The first-order valence-electron chi connectivity index (χ1n) is 8.61. The Morgan fingerprint density at radius 1 is 1.11 bits per heavy atom. The van der Waals surface area contributed by atoms with E-state index in [0.29, 0.717) is 22.9 Å². The molecule has 6 heteroatoms. The number of ether oxygens (including phenoxy) is 2. The summed E-state index contributed by atoms with van der Waals surface area (Å²) >= 11 is 0. The van der Waals surface area contributed by atoms with Gasteiger partial charge in [-0.25, -0.2) is 0 Å². The minimum atomic E-state index is -0.534. The first-order chi connectivity index (χ1) is 13.1. The Bertz CT molecular complexity index is 1030. The number of fused-ring (bicyclic) bond motifs is 2. The Balaban J connectivity index is 1.39. The van der Waals surface area contributed by atoms with Gasteiger partial charge in [0, 0.05) is 5.69 Å². The summed E-state index contributed by atoms with van der Waals surface area (Å²) in [6.07, 6.45) is -0.534. The highest BCUT2D eigenvalue weighted by atomic mass is 16.5. The molecule has 1 aliphatic rings. The molecule has 0 bridgehead atoms. The van der Waals surface area contributed by atoms with Gasteiger partial charge in [0.25, 0.3) is 11.8 Å². The zero-order valence-electron chi connectivity index (χ0n) is 14.7. The Kier molecular flexibility index (Phi) is 4.38. The van der Waals surface area contributed by atoms with Gasteiger partial charge < -0.3 is 20.1 Å². The molecule has 0 radical (unpaired) electrons. The molecule has 1 heterocycles. The lowest BCUT2D eigenvalue weighted by Crippen LogP contribution is -2.34. The van der Waals surface area contributed by atoms with Gasteiger partial charge in [-0.2, -0.15) is 0 Å². The molecule has 0 aliphatic carbocycles. The summed E-state index contributed by atoms with van der Waals surface area (Å²) in [5.41, 5.74) is 1.09. The van der Waals surface area contributed by atoms with Gasteiger partial charge in [0.15, 0.2) is 12.7 Å². The summed E-state index contributed by atoms with van der Waals surface area (Å²) in [5, 5.41) is 7.67. The third kappa shape index (κ3) is 3.69. The van der Waals surface area contributed by atoms with Crippen LogP contribution in [0.2, 0.25) is 0 Å². The van der Waals surface area contributed by atoms with Crippen molar-refractivity contribution in [2.24, 2.45) is 0 Å². The summed E-state index contributed by atoms with van der Waals surface area (Å²) in [4.78, 5) is 23.9. The fourth-order valence-electron chi connectivity index (χ4n) is 2.89. The monoisotopic (exact) mass is 362 g/mol. The van der Waals surface area contributed by atoms with Crippen LogP contribution in [0.25, 0.3) is 10.8 Å². The molecule has 0 fully saturated rings. The summed E-state index contributed by atoms with van der Waals surface area (Å²) in [6, 6.07) is 18.7. The van der Waals surface area contributed by atoms with Crippen LogP contribution in [-0.4, -0.2) is 24.5 Å². The van der Waals surface area contributed by atoms with E-state index in [9.17, 15) is 9.59 Å².